The Balaban J connectivity index is 1.59. The van der Waals surface area contributed by atoms with Crippen LogP contribution >= 0.6 is 0 Å². The number of hydrogen-bond acceptors (Lipinski definition) is 5. The Hall–Kier alpha value is -2.95. The molecule has 0 fully saturated rings. The number of ketones is 1. The van der Waals surface area contributed by atoms with Gasteiger partial charge in [0.1, 0.15) is 17.4 Å². The molecule has 1 atom stereocenters. The second-order valence-electron chi connectivity index (χ2n) is 5.62. The molecule has 5 heteroatoms. The average molecular weight is 308 g/mol. The van der Waals surface area contributed by atoms with Crippen molar-refractivity contribution in [3.05, 3.63) is 53.8 Å². The minimum Gasteiger partial charge on any atom is -0.484 e. The number of rotatable bonds is 1. The maximum absolute atomic E-state index is 12.5. The van der Waals surface area contributed by atoms with Crippen LogP contribution < -0.4 is 14.2 Å². The third-order valence-electron chi connectivity index (χ3n) is 4.29. The molecule has 0 saturated carbocycles. The largest absolute Gasteiger partial charge is 0.484 e. The van der Waals surface area contributed by atoms with Crippen LogP contribution in [0.4, 0.5) is 0 Å². The van der Waals surface area contributed by atoms with E-state index >= 15 is 0 Å². The molecule has 0 unspecified atom stereocenters. The van der Waals surface area contributed by atoms with E-state index in [-0.39, 0.29) is 18.7 Å². The number of hydrogen-bond donors (Lipinski definition) is 0. The quantitative estimate of drug-likeness (QED) is 0.683. The van der Waals surface area contributed by atoms with Crippen molar-refractivity contribution >= 4 is 16.8 Å². The van der Waals surface area contributed by atoms with Crippen LogP contribution in [-0.4, -0.2) is 12.6 Å². The van der Waals surface area contributed by atoms with Crippen LogP contribution in [0.25, 0.3) is 11.0 Å². The third kappa shape index (κ3) is 1.83. The fourth-order valence-corrected chi connectivity index (χ4v) is 3.13. The molecule has 114 valence electrons. The van der Waals surface area contributed by atoms with E-state index in [4.69, 9.17) is 18.6 Å². The van der Waals surface area contributed by atoms with Crippen LogP contribution in [-0.2, 0) is 0 Å². The first-order chi connectivity index (χ1) is 11.3. The van der Waals surface area contributed by atoms with Crippen molar-refractivity contribution in [2.24, 2.45) is 0 Å². The maximum atomic E-state index is 12.5. The summed E-state index contributed by atoms with van der Waals surface area (Å²) in [5.41, 5.74) is 2.22. The molecule has 2 aliphatic heterocycles. The molecule has 5 nitrogen and oxygen atoms in total. The number of fused-ring (bicyclic) bond motifs is 4. The Morgan fingerprint density at radius 1 is 1.00 bits per heavy atom. The highest BCUT2D eigenvalue weighted by Gasteiger charge is 2.30. The van der Waals surface area contributed by atoms with Gasteiger partial charge in [-0.3, -0.25) is 4.79 Å². The zero-order valence-electron chi connectivity index (χ0n) is 12.1. The number of furan rings is 1. The van der Waals surface area contributed by atoms with Gasteiger partial charge in [-0.2, -0.15) is 0 Å². The molecule has 0 saturated heterocycles. The van der Waals surface area contributed by atoms with Crippen LogP contribution in [0.2, 0.25) is 0 Å². The van der Waals surface area contributed by atoms with Crippen molar-refractivity contribution in [1.29, 1.82) is 0 Å². The molecule has 0 bridgehead atoms. The zero-order chi connectivity index (χ0) is 15.4. The summed E-state index contributed by atoms with van der Waals surface area (Å²) in [5, 5.41) is 0.821. The number of benzene rings is 2. The van der Waals surface area contributed by atoms with Crippen molar-refractivity contribution in [3.8, 4) is 17.2 Å². The highest BCUT2D eigenvalue weighted by Crippen LogP contribution is 2.42. The lowest BCUT2D eigenvalue weighted by Crippen LogP contribution is -2.20. The molecule has 3 heterocycles. The zero-order valence-corrected chi connectivity index (χ0v) is 12.1. The van der Waals surface area contributed by atoms with Crippen LogP contribution in [0, 0.1) is 0 Å². The summed E-state index contributed by atoms with van der Waals surface area (Å²) in [7, 11) is 0. The van der Waals surface area contributed by atoms with Crippen LogP contribution in [0.15, 0.2) is 47.1 Å². The van der Waals surface area contributed by atoms with Gasteiger partial charge in [-0.05, 0) is 35.9 Å². The minimum atomic E-state index is -0.343. The molecule has 23 heavy (non-hydrogen) atoms. The number of carbonyl (C=O) groups is 1. The molecule has 0 aliphatic carbocycles. The average Bonchev–Trinajstić information content (AvgIpc) is 3.22. The topological polar surface area (TPSA) is 57.9 Å². The molecule has 5 rings (SSSR count). The first-order valence-electron chi connectivity index (χ1n) is 7.39. The monoisotopic (exact) mass is 308 g/mol. The number of Topliss-reactive ketones (excluding diaryl/α,β-unsaturated/α-hetero) is 1. The summed E-state index contributed by atoms with van der Waals surface area (Å²) in [5.74, 6) is 2.06. The second-order valence-corrected chi connectivity index (χ2v) is 5.62. The molecule has 0 radical (unpaired) electrons. The van der Waals surface area contributed by atoms with Crippen molar-refractivity contribution in [2.45, 2.75) is 12.5 Å². The van der Waals surface area contributed by atoms with Gasteiger partial charge in [0.2, 0.25) is 6.79 Å². The van der Waals surface area contributed by atoms with E-state index in [1.807, 2.05) is 24.3 Å². The first-order valence-corrected chi connectivity index (χ1v) is 7.39. The van der Waals surface area contributed by atoms with Gasteiger partial charge in [-0.15, -0.1) is 0 Å². The predicted octanol–water partition coefficient (Wildman–Crippen LogP) is 3.87. The molecule has 0 N–H and O–H groups in total. The summed E-state index contributed by atoms with van der Waals surface area (Å²) in [6.07, 6.45) is 1.56. The molecule has 0 amide bonds. The Morgan fingerprint density at radius 2 is 1.91 bits per heavy atom. The van der Waals surface area contributed by atoms with Gasteiger partial charge in [0, 0.05) is 0 Å². The van der Waals surface area contributed by atoms with E-state index in [0.717, 1.165) is 10.9 Å². The van der Waals surface area contributed by atoms with Crippen LogP contribution in [0.1, 0.15) is 28.4 Å². The van der Waals surface area contributed by atoms with E-state index in [1.54, 1.807) is 18.4 Å². The molecular formula is C18H12O5. The van der Waals surface area contributed by atoms with Crippen molar-refractivity contribution in [2.75, 3.05) is 6.79 Å². The second kappa shape index (κ2) is 4.52. The van der Waals surface area contributed by atoms with Crippen molar-refractivity contribution in [3.63, 3.8) is 0 Å². The molecule has 2 aliphatic rings. The van der Waals surface area contributed by atoms with Gasteiger partial charge in [0.25, 0.3) is 0 Å². The molecular weight excluding hydrogens is 296 g/mol. The van der Waals surface area contributed by atoms with Gasteiger partial charge < -0.3 is 18.6 Å². The molecule has 2 aromatic carbocycles. The molecule has 3 aromatic rings. The Morgan fingerprint density at radius 3 is 2.87 bits per heavy atom. The Labute approximate surface area is 131 Å². The summed E-state index contributed by atoms with van der Waals surface area (Å²) in [6.45, 7) is 0.224. The molecule has 0 spiro atoms. The minimum absolute atomic E-state index is 0.0667. The standard InChI is InChI=1S/C18H12O5/c19-13-8-16(10-1-3-15-17(7-10)22-9-21-15)23-18-11(13)2-4-14-12(18)5-6-20-14/h1-7,16H,8-9H2/t16-/m0/s1. The highest BCUT2D eigenvalue weighted by molar-refractivity contribution is 6.05. The highest BCUT2D eigenvalue weighted by atomic mass is 16.7. The van der Waals surface area contributed by atoms with E-state index in [1.165, 1.54) is 0 Å². The van der Waals surface area contributed by atoms with Crippen molar-refractivity contribution < 1.29 is 23.4 Å². The lowest BCUT2D eigenvalue weighted by atomic mass is 9.95. The third-order valence-corrected chi connectivity index (χ3v) is 4.29. The normalized spacial score (nSPS) is 18.8. The summed E-state index contributed by atoms with van der Waals surface area (Å²) in [4.78, 5) is 12.5. The summed E-state index contributed by atoms with van der Waals surface area (Å²) >= 11 is 0. The Bertz CT molecular complexity index is 940. The lowest BCUT2D eigenvalue weighted by Gasteiger charge is -2.26. The van der Waals surface area contributed by atoms with E-state index < -0.39 is 0 Å². The van der Waals surface area contributed by atoms with E-state index in [0.29, 0.717) is 34.8 Å². The van der Waals surface area contributed by atoms with Gasteiger partial charge >= 0.3 is 0 Å². The van der Waals surface area contributed by atoms with Gasteiger partial charge in [0.15, 0.2) is 17.3 Å². The fraction of sp³-hybridized carbons (Fsp3) is 0.167. The summed E-state index contributed by atoms with van der Waals surface area (Å²) < 4.78 is 22.3. The smallest absolute Gasteiger partial charge is 0.231 e. The van der Waals surface area contributed by atoms with Crippen LogP contribution in [0.5, 0.6) is 17.2 Å². The number of carbonyl (C=O) groups excluding carboxylic acids is 1. The fourth-order valence-electron chi connectivity index (χ4n) is 3.13. The Kier molecular flexibility index (Phi) is 2.47. The van der Waals surface area contributed by atoms with E-state index in [2.05, 4.69) is 0 Å². The SMILES string of the molecule is O=C1C[C@@H](c2ccc3c(c2)OCO3)Oc2c1ccc1occc21. The first kappa shape index (κ1) is 12.6. The van der Waals surface area contributed by atoms with E-state index in [9.17, 15) is 4.79 Å². The molecule has 1 aromatic heterocycles. The summed E-state index contributed by atoms with van der Waals surface area (Å²) in [6, 6.07) is 11.0. The maximum Gasteiger partial charge on any atom is 0.231 e. The number of ether oxygens (including phenoxy) is 3. The van der Waals surface area contributed by atoms with Crippen molar-refractivity contribution in [1.82, 2.24) is 0 Å². The van der Waals surface area contributed by atoms with Gasteiger partial charge in [0.05, 0.1) is 23.6 Å². The van der Waals surface area contributed by atoms with Crippen LogP contribution in [0.3, 0.4) is 0 Å². The predicted molar refractivity (Wildman–Crippen MR) is 81.1 cm³/mol. The van der Waals surface area contributed by atoms with Gasteiger partial charge in [-0.25, -0.2) is 0 Å². The lowest BCUT2D eigenvalue weighted by molar-refractivity contribution is 0.0853. The van der Waals surface area contributed by atoms with Gasteiger partial charge in [-0.1, -0.05) is 6.07 Å².